The lowest BCUT2D eigenvalue weighted by Crippen LogP contribution is -2.36. The van der Waals surface area contributed by atoms with Gasteiger partial charge in [0, 0.05) is 18.1 Å². The van der Waals surface area contributed by atoms with E-state index >= 15 is 0 Å². The zero-order chi connectivity index (χ0) is 19.5. The smallest absolute Gasteiger partial charge is 0.274 e. The van der Waals surface area contributed by atoms with Crippen LogP contribution in [0.2, 0.25) is 5.02 Å². The molecule has 0 saturated carbocycles. The number of hydrogen-bond acceptors (Lipinski definition) is 5. The lowest BCUT2D eigenvalue weighted by atomic mass is 10.00. The first-order valence-corrected chi connectivity index (χ1v) is 9.30. The summed E-state index contributed by atoms with van der Waals surface area (Å²) in [5.74, 6) is 1.02. The third kappa shape index (κ3) is 3.77. The van der Waals surface area contributed by atoms with Gasteiger partial charge in [0.1, 0.15) is 17.3 Å². The molecule has 2 heterocycles. The molecule has 0 aliphatic carbocycles. The first-order valence-electron chi connectivity index (χ1n) is 8.92. The Kier molecular flexibility index (Phi) is 5.12. The van der Waals surface area contributed by atoms with Gasteiger partial charge in [-0.1, -0.05) is 35.9 Å². The minimum Gasteiger partial charge on any atom is -0.495 e. The second-order valence-electron chi connectivity index (χ2n) is 6.50. The summed E-state index contributed by atoms with van der Waals surface area (Å²) in [6, 6.07) is 13.5. The Morgan fingerprint density at radius 2 is 1.96 bits per heavy atom. The van der Waals surface area contributed by atoms with Gasteiger partial charge in [-0.15, -0.1) is 0 Å². The standard InChI is InChI=1S/C21H19ClN4O2/c1-28-19-7-6-16(22)10-17(19)25-20-12-23-18(11-24-20)21(27)26-9-8-14-4-2-3-5-15(14)13-26/h2-7,10-12H,8-9,13H2,1H3,(H,24,25). The summed E-state index contributed by atoms with van der Waals surface area (Å²) in [6.07, 6.45) is 3.87. The quantitative estimate of drug-likeness (QED) is 0.722. The molecular formula is C21H19ClN4O2. The van der Waals surface area contributed by atoms with Gasteiger partial charge in [-0.05, 0) is 35.7 Å². The van der Waals surface area contributed by atoms with Crippen molar-refractivity contribution >= 4 is 29.0 Å². The van der Waals surface area contributed by atoms with Crippen LogP contribution in [-0.4, -0.2) is 34.4 Å². The van der Waals surface area contributed by atoms with Crippen LogP contribution in [0, 0.1) is 0 Å². The van der Waals surface area contributed by atoms with Gasteiger partial charge >= 0.3 is 0 Å². The van der Waals surface area contributed by atoms with Crippen LogP contribution in [0.4, 0.5) is 11.5 Å². The van der Waals surface area contributed by atoms with Crippen molar-refractivity contribution in [2.75, 3.05) is 19.0 Å². The van der Waals surface area contributed by atoms with E-state index in [0.717, 1.165) is 6.42 Å². The third-order valence-corrected chi connectivity index (χ3v) is 4.95. The molecular weight excluding hydrogens is 376 g/mol. The molecule has 1 aliphatic heterocycles. The molecule has 7 heteroatoms. The summed E-state index contributed by atoms with van der Waals surface area (Å²) < 4.78 is 5.31. The zero-order valence-electron chi connectivity index (χ0n) is 15.4. The molecule has 0 fully saturated rings. The van der Waals surface area contributed by atoms with Crippen molar-refractivity contribution in [3.63, 3.8) is 0 Å². The zero-order valence-corrected chi connectivity index (χ0v) is 16.1. The minimum atomic E-state index is -0.117. The Bertz CT molecular complexity index is 1010. The van der Waals surface area contributed by atoms with Gasteiger partial charge < -0.3 is 15.0 Å². The van der Waals surface area contributed by atoms with Crippen LogP contribution in [0.1, 0.15) is 21.6 Å². The van der Waals surface area contributed by atoms with E-state index in [1.54, 1.807) is 30.2 Å². The maximum atomic E-state index is 12.8. The lowest BCUT2D eigenvalue weighted by molar-refractivity contribution is 0.0728. The van der Waals surface area contributed by atoms with Gasteiger partial charge in [0.2, 0.25) is 0 Å². The van der Waals surface area contributed by atoms with Gasteiger partial charge in [-0.25, -0.2) is 9.97 Å². The van der Waals surface area contributed by atoms with Gasteiger partial charge in [0.15, 0.2) is 0 Å². The van der Waals surface area contributed by atoms with E-state index in [0.29, 0.717) is 41.1 Å². The topological polar surface area (TPSA) is 67.3 Å². The predicted octanol–water partition coefficient (Wildman–Crippen LogP) is 4.08. The summed E-state index contributed by atoms with van der Waals surface area (Å²) in [4.78, 5) is 23.2. The van der Waals surface area contributed by atoms with E-state index < -0.39 is 0 Å². The SMILES string of the molecule is COc1ccc(Cl)cc1Nc1cnc(C(=O)N2CCc3ccccc3C2)cn1. The first-order chi connectivity index (χ1) is 13.6. The number of carbonyl (C=O) groups excluding carboxylic acids is 1. The van der Waals surface area contributed by atoms with E-state index in [9.17, 15) is 4.79 Å². The van der Waals surface area contributed by atoms with E-state index in [-0.39, 0.29) is 5.91 Å². The molecule has 0 radical (unpaired) electrons. The van der Waals surface area contributed by atoms with Crippen molar-refractivity contribution in [3.05, 3.63) is 76.7 Å². The summed E-state index contributed by atoms with van der Waals surface area (Å²) in [6.45, 7) is 1.27. The molecule has 1 amide bonds. The fraction of sp³-hybridized carbons (Fsp3) is 0.190. The number of anilines is 2. The summed E-state index contributed by atoms with van der Waals surface area (Å²) in [5.41, 5.74) is 3.48. The van der Waals surface area contributed by atoms with Crippen molar-refractivity contribution in [2.24, 2.45) is 0 Å². The Balaban J connectivity index is 1.48. The molecule has 1 aromatic heterocycles. The fourth-order valence-electron chi connectivity index (χ4n) is 3.25. The van der Waals surface area contributed by atoms with Crippen LogP contribution in [0.15, 0.2) is 54.9 Å². The predicted molar refractivity (Wildman–Crippen MR) is 108 cm³/mol. The molecule has 6 nitrogen and oxygen atoms in total. The number of hydrogen-bond donors (Lipinski definition) is 1. The number of nitrogens with zero attached hydrogens (tertiary/aromatic N) is 3. The molecule has 0 bridgehead atoms. The van der Waals surface area contributed by atoms with E-state index in [2.05, 4.69) is 27.4 Å². The summed E-state index contributed by atoms with van der Waals surface area (Å²) >= 11 is 6.05. The number of carbonyl (C=O) groups is 1. The molecule has 1 aliphatic rings. The average Bonchev–Trinajstić information content (AvgIpc) is 2.73. The van der Waals surface area contributed by atoms with Crippen LogP contribution >= 0.6 is 11.6 Å². The number of aromatic nitrogens is 2. The number of benzene rings is 2. The highest BCUT2D eigenvalue weighted by Gasteiger charge is 2.22. The number of methoxy groups -OCH3 is 1. The Labute approximate surface area is 168 Å². The molecule has 2 aromatic carbocycles. The van der Waals surface area contributed by atoms with Crippen molar-refractivity contribution in [2.45, 2.75) is 13.0 Å². The van der Waals surface area contributed by atoms with Crippen LogP contribution < -0.4 is 10.1 Å². The molecule has 0 spiro atoms. The van der Waals surface area contributed by atoms with Crippen LogP contribution in [0.25, 0.3) is 0 Å². The number of fused-ring (bicyclic) bond motifs is 1. The van der Waals surface area contributed by atoms with Gasteiger partial charge in [0.25, 0.3) is 5.91 Å². The lowest BCUT2D eigenvalue weighted by Gasteiger charge is -2.28. The average molecular weight is 395 g/mol. The van der Waals surface area contributed by atoms with Gasteiger partial charge in [-0.2, -0.15) is 0 Å². The highest BCUT2D eigenvalue weighted by Crippen LogP contribution is 2.29. The minimum absolute atomic E-state index is 0.117. The summed E-state index contributed by atoms with van der Waals surface area (Å²) in [5, 5.41) is 3.69. The highest BCUT2D eigenvalue weighted by atomic mass is 35.5. The van der Waals surface area contributed by atoms with Gasteiger partial charge in [0.05, 0.1) is 25.2 Å². The highest BCUT2D eigenvalue weighted by molar-refractivity contribution is 6.31. The molecule has 0 unspecified atom stereocenters. The fourth-order valence-corrected chi connectivity index (χ4v) is 3.42. The molecule has 3 aromatic rings. The maximum absolute atomic E-state index is 12.8. The third-order valence-electron chi connectivity index (χ3n) is 4.71. The first kappa shape index (κ1) is 18.3. The van der Waals surface area contributed by atoms with E-state index in [1.165, 1.54) is 23.5 Å². The number of rotatable bonds is 4. The van der Waals surface area contributed by atoms with E-state index in [4.69, 9.17) is 16.3 Å². The maximum Gasteiger partial charge on any atom is 0.274 e. The Morgan fingerprint density at radius 3 is 2.71 bits per heavy atom. The molecule has 4 rings (SSSR count). The van der Waals surface area contributed by atoms with Crippen molar-refractivity contribution < 1.29 is 9.53 Å². The van der Waals surface area contributed by atoms with E-state index in [1.807, 2.05) is 12.1 Å². The molecule has 142 valence electrons. The summed E-state index contributed by atoms with van der Waals surface area (Å²) in [7, 11) is 1.58. The Hall–Kier alpha value is -3.12. The molecule has 0 saturated heterocycles. The monoisotopic (exact) mass is 394 g/mol. The number of ether oxygens (including phenoxy) is 1. The van der Waals surface area contributed by atoms with Crippen molar-refractivity contribution in [1.29, 1.82) is 0 Å². The molecule has 1 N–H and O–H groups in total. The Morgan fingerprint density at radius 1 is 1.14 bits per heavy atom. The number of nitrogens with one attached hydrogen (secondary N) is 1. The van der Waals surface area contributed by atoms with Crippen LogP contribution in [0.5, 0.6) is 5.75 Å². The second-order valence-corrected chi connectivity index (χ2v) is 6.94. The second kappa shape index (κ2) is 7.86. The number of halogens is 1. The largest absolute Gasteiger partial charge is 0.495 e. The van der Waals surface area contributed by atoms with Crippen molar-refractivity contribution in [1.82, 2.24) is 14.9 Å². The van der Waals surface area contributed by atoms with Gasteiger partial charge in [-0.3, -0.25) is 4.79 Å². The molecule has 0 atom stereocenters. The van der Waals surface area contributed by atoms with Crippen LogP contribution in [-0.2, 0) is 13.0 Å². The number of amides is 1. The van der Waals surface area contributed by atoms with Crippen molar-refractivity contribution in [3.8, 4) is 5.75 Å². The van der Waals surface area contributed by atoms with Crippen LogP contribution in [0.3, 0.4) is 0 Å². The molecule has 28 heavy (non-hydrogen) atoms. The normalized spacial score (nSPS) is 13.0.